The highest BCUT2D eigenvalue weighted by Gasteiger charge is 2.08. The highest BCUT2D eigenvalue weighted by molar-refractivity contribution is 5.60. The van der Waals surface area contributed by atoms with E-state index in [1.54, 1.807) is 14.2 Å². The normalized spacial score (nSPS) is 12.1. The summed E-state index contributed by atoms with van der Waals surface area (Å²) < 4.78 is 10.6. The minimum atomic E-state index is 0.262. The Morgan fingerprint density at radius 1 is 1.22 bits per heavy atom. The van der Waals surface area contributed by atoms with Gasteiger partial charge in [-0.1, -0.05) is 0 Å². The standard InChI is InChI=1S/C14H24N2O2/c1-10-8-13(17-3)14(18-4)9-12(10)16-7-5-6-11(2)15/h8-9,11,16H,5-7,15H2,1-4H3. The van der Waals surface area contributed by atoms with Crippen LogP contribution in [-0.4, -0.2) is 26.8 Å². The second kappa shape index (κ2) is 7.11. The molecule has 3 N–H and O–H groups in total. The third-order valence-electron chi connectivity index (χ3n) is 2.88. The lowest BCUT2D eigenvalue weighted by Gasteiger charge is -2.14. The van der Waals surface area contributed by atoms with Crippen LogP contribution in [0.4, 0.5) is 5.69 Å². The predicted octanol–water partition coefficient (Wildman–Crippen LogP) is 2.55. The van der Waals surface area contributed by atoms with Crippen molar-refractivity contribution in [1.82, 2.24) is 0 Å². The molecule has 0 heterocycles. The third kappa shape index (κ3) is 4.11. The summed E-state index contributed by atoms with van der Waals surface area (Å²) in [6.07, 6.45) is 2.09. The van der Waals surface area contributed by atoms with Crippen LogP contribution in [-0.2, 0) is 0 Å². The van der Waals surface area contributed by atoms with Crippen LogP contribution in [0.2, 0.25) is 0 Å². The van der Waals surface area contributed by atoms with E-state index in [0.29, 0.717) is 0 Å². The van der Waals surface area contributed by atoms with Crippen LogP contribution in [0.3, 0.4) is 0 Å². The maximum atomic E-state index is 5.72. The molecule has 0 amide bonds. The molecule has 18 heavy (non-hydrogen) atoms. The van der Waals surface area contributed by atoms with E-state index in [-0.39, 0.29) is 6.04 Å². The molecule has 0 aliphatic rings. The van der Waals surface area contributed by atoms with Crippen LogP contribution in [0.15, 0.2) is 12.1 Å². The largest absolute Gasteiger partial charge is 0.493 e. The Morgan fingerprint density at radius 3 is 2.39 bits per heavy atom. The number of methoxy groups -OCH3 is 2. The van der Waals surface area contributed by atoms with E-state index in [9.17, 15) is 0 Å². The number of hydrogen-bond acceptors (Lipinski definition) is 4. The fraction of sp³-hybridized carbons (Fsp3) is 0.571. The van der Waals surface area contributed by atoms with E-state index in [2.05, 4.69) is 12.2 Å². The summed E-state index contributed by atoms with van der Waals surface area (Å²) in [5.41, 5.74) is 7.95. The van der Waals surface area contributed by atoms with Crippen LogP contribution >= 0.6 is 0 Å². The molecular formula is C14H24N2O2. The quantitative estimate of drug-likeness (QED) is 0.732. The summed E-state index contributed by atoms with van der Waals surface area (Å²) in [7, 11) is 3.29. The average Bonchev–Trinajstić information content (AvgIpc) is 2.35. The Morgan fingerprint density at radius 2 is 1.83 bits per heavy atom. The summed E-state index contributed by atoms with van der Waals surface area (Å²) >= 11 is 0. The van der Waals surface area contributed by atoms with Gasteiger partial charge in [-0.2, -0.15) is 0 Å². The van der Waals surface area contributed by atoms with Crippen LogP contribution in [0, 0.1) is 6.92 Å². The van der Waals surface area contributed by atoms with Crippen molar-refractivity contribution < 1.29 is 9.47 Å². The number of ether oxygens (including phenoxy) is 2. The summed E-state index contributed by atoms with van der Waals surface area (Å²) in [5, 5.41) is 3.40. The van der Waals surface area contributed by atoms with Gasteiger partial charge in [-0.25, -0.2) is 0 Å². The smallest absolute Gasteiger partial charge is 0.162 e. The molecule has 0 aliphatic heterocycles. The van der Waals surface area contributed by atoms with Crippen molar-refractivity contribution in [3.05, 3.63) is 17.7 Å². The minimum Gasteiger partial charge on any atom is -0.493 e. The Bertz CT molecular complexity index is 378. The molecule has 102 valence electrons. The van der Waals surface area contributed by atoms with Gasteiger partial charge in [-0.05, 0) is 38.3 Å². The van der Waals surface area contributed by atoms with Crippen molar-refractivity contribution in [1.29, 1.82) is 0 Å². The molecule has 0 aliphatic carbocycles. The maximum absolute atomic E-state index is 5.72. The van der Waals surface area contributed by atoms with E-state index in [4.69, 9.17) is 15.2 Å². The zero-order valence-electron chi connectivity index (χ0n) is 11.7. The van der Waals surface area contributed by atoms with Crippen LogP contribution in [0.1, 0.15) is 25.3 Å². The lowest BCUT2D eigenvalue weighted by atomic mass is 10.1. The van der Waals surface area contributed by atoms with Gasteiger partial charge >= 0.3 is 0 Å². The topological polar surface area (TPSA) is 56.5 Å². The summed E-state index contributed by atoms with van der Waals surface area (Å²) in [5.74, 6) is 1.51. The SMILES string of the molecule is COc1cc(C)c(NCCCC(C)N)cc1OC. The van der Waals surface area contributed by atoms with Crippen molar-refractivity contribution >= 4 is 5.69 Å². The Hall–Kier alpha value is -1.42. The minimum absolute atomic E-state index is 0.262. The van der Waals surface area contributed by atoms with E-state index in [1.807, 2.05) is 19.1 Å². The van der Waals surface area contributed by atoms with Gasteiger partial charge in [-0.3, -0.25) is 0 Å². The lowest BCUT2D eigenvalue weighted by molar-refractivity contribution is 0.355. The molecule has 4 heteroatoms. The van der Waals surface area contributed by atoms with Gasteiger partial charge in [-0.15, -0.1) is 0 Å². The maximum Gasteiger partial charge on any atom is 0.162 e. The summed E-state index contributed by atoms with van der Waals surface area (Å²) in [4.78, 5) is 0. The van der Waals surface area contributed by atoms with Crippen molar-refractivity contribution in [3.63, 3.8) is 0 Å². The number of nitrogens with one attached hydrogen (secondary N) is 1. The predicted molar refractivity (Wildman–Crippen MR) is 75.7 cm³/mol. The zero-order valence-corrected chi connectivity index (χ0v) is 11.7. The average molecular weight is 252 g/mol. The monoisotopic (exact) mass is 252 g/mol. The lowest BCUT2D eigenvalue weighted by Crippen LogP contribution is -2.16. The number of benzene rings is 1. The first kappa shape index (κ1) is 14.6. The highest BCUT2D eigenvalue weighted by Crippen LogP contribution is 2.32. The van der Waals surface area contributed by atoms with Gasteiger partial charge < -0.3 is 20.5 Å². The first-order chi connectivity index (χ1) is 8.58. The number of nitrogens with two attached hydrogens (primary N) is 1. The second-order valence-corrected chi connectivity index (χ2v) is 4.57. The van der Waals surface area contributed by atoms with Gasteiger partial charge in [0.15, 0.2) is 11.5 Å². The first-order valence-electron chi connectivity index (χ1n) is 6.30. The van der Waals surface area contributed by atoms with Crippen molar-refractivity contribution in [3.8, 4) is 11.5 Å². The van der Waals surface area contributed by atoms with Crippen LogP contribution in [0.5, 0.6) is 11.5 Å². The van der Waals surface area contributed by atoms with Crippen LogP contribution < -0.4 is 20.5 Å². The molecule has 0 radical (unpaired) electrons. The molecule has 1 aromatic rings. The van der Waals surface area contributed by atoms with Gasteiger partial charge in [0.1, 0.15) is 0 Å². The molecular weight excluding hydrogens is 228 g/mol. The Balaban J connectivity index is 2.65. The number of hydrogen-bond donors (Lipinski definition) is 2. The number of aryl methyl sites for hydroxylation is 1. The fourth-order valence-electron chi connectivity index (χ4n) is 1.82. The molecule has 1 aromatic carbocycles. The molecule has 0 aromatic heterocycles. The van der Waals surface area contributed by atoms with E-state index in [1.165, 1.54) is 0 Å². The van der Waals surface area contributed by atoms with Gasteiger partial charge in [0.2, 0.25) is 0 Å². The summed E-state index contributed by atoms with van der Waals surface area (Å²) in [6, 6.07) is 4.21. The molecule has 4 nitrogen and oxygen atoms in total. The Kier molecular flexibility index (Phi) is 5.78. The van der Waals surface area contributed by atoms with Gasteiger partial charge in [0, 0.05) is 24.3 Å². The molecule has 0 bridgehead atoms. The fourth-order valence-corrected chi connectivity index (χ4v) is 1.82. The molecule has 0 saturated heterocycles. The molecule has 0 fully saturated rings. The van der Waals surface area contributed by atoms with E-state index in [0.717, 1.165) is 42.1 Å². The number of anilines is 1. The Labute approximate surface area is 109 Å². The molecule has 1 rings (SSSR count). The van der Waals surface area contributed by atoms with E-state index < -0.39 is 0 Å². The zero-order chi connectivity index (χ0) is 13.5. The third-order valence-corrected chi connectivity index (χ3v) is 2.88. The second-order valence-electron chi connectivity index (χ2n) is 4.57. The van der Waals surface area contributed by atoms with E-state index >= 15 is 0 Å². The van der Waals surface area contributed by atoms with Crippen molar-refractivity contribution in [2.75, 3.05) is 26.1 Å². The van der Waals surface area contributed by atoms with Crippen molar-refractivity contribution in [2.24, 2.45) is 5.73 Å². The molecule has 0 saturated carbocycles. The molecule has 1 unspecified atom stereocenters. The van der Waals surface area contributed by atoms with Crippen molar-refractivity contribution in [2.45, 2.75) is 32.7 Å². The van der Waals surface area contributed by atoms with Gasteiger partial charge in [0.05, 0.1) is 14.2 Å². The van der Waals surface area contributed by atoms with Gasteiger partial charge in [0.25, 0.3) is 0 Å². The number of rotatable bonds is 7. The highest BCUT2D eigenvalue weighted by atomic mass is 16.5. The molecule has 1 atom stereocenters. The molecule has 0 spiro atoms. The summed E-state index contributed by atoms with van der Waals surface area (Å²) in [6.45, 7) is 5.00. The van der Waals surface area contributed by atoms with Crippen LogP contribution in [0.25, 0.3) is 0 Å². The first-order valence-corrected chi connectivity index (χ1v) is 6.30.